The van der Waals surface area contributed by atoms with Crippen LogP contribution in [0.2, 0.25) is 0 Å². The van der Waals surface area contributed by atoms with Crippen molar-refractivity contribution in [1.82, 2.24) is 10.2 Å². The number of benzene rings is 1. The first-order valence-corrected chi connectivity index (χ1v) is 9.51. The van der Waals surface area contributed by atoms with Gasteiger partial charge in [0, 0.05) is 23.8 Å². The molecule has 2 rings (SSSR count). The molecule has 1 heterocycles. The normalized spacial score (nSPS) is 18.7. The van der Waals surface area contributed by atoms with Crippen LogP contribution in [-0.2, 0) is 11.0 Å². The maximum absolute atomic E-state index is 12.7. The van der Waals surface area contributed by atoms with Gasteiger partial charge in [-0.15, -0.1) is 0 Å². The minimum absolute atomic E-state index is 0.138. The first-order valence-electron chi connectivity index (χ1n) is 9.51. The fourth-order valence-corrected chi connectivity index (χ4v) is 3.20. The second kappa shape index (κ2) is 11.3. The van der Waals surface area contributed by atoms with Crippen molar-refractivity contribution in [3.8, 4) is 5.75 Å². The van der Waals surface area contributed by atoms with Crippen molar-refractivity contribution in [2.45, 2.75) is 38.9 Å². The summed E-state index contributed by atoms with van der Waals surface area (Å²) >= 11 is 0. The second-order valence-electron chi connectivity index (χ2n) is 6.94. The van der Waals surface area contributed by atoms with E-state index in [2.05, 4.69) is 22.9 Å². The Labute approximate surface area is 174 Å². The highest BCUT2D eigenvalue weighted by Gasteiger charge is 2.31. The molecule has 8 N–H and O–H groups in total. The lowest BCUT2D eigenvalue weighted by Crippen LogP contribution is -2.46. The van der Waals surface area contributed by atoms with Gasteiger partial charge in [-0.25, -0.2) is 0 Å². The molecular formula is C20H30F3N5O2. The summed E-state index contributed by atoms with van der Waals surface area (Å²) < 4.78 is 38.1. The third kappa shape index (κ3) is 7.51. The Morgan fingerprint density at radius 3 is 2.53 bits per heavy atom. The van der Waals surface area contributed by atoms with Crippen LogP contribution in [0.15, 0.2) is 35.7 Å². The first kappa shape index (κ1) is 25.2. The van der Waals surface area contributed by atoms with E-state index in [0.29, 0.717) is 17.5 Å². The lowest BCUT2D eigenvalue weighted by molar-refractivity contribution is -0.137. The fraction of sp³-hybridized carbons (Fsp3) is 0.450. The molecule has 1 aliphatic heterocycles. The van der Waals surface area contributed by atoms with Crippen LogP contribution >= 0.6 is 0 Å². The molecule has 1 aromatic carbocycles. The highest BCUT2D eigenvalue weighted by Crippen LogP contribution is 2.34. The molecule has 1 atom stereocenters. The Morgan fingerprint density at radius 2 is 2.00 bits per heavy atom. The van der Waals surface area contributed by atoms with E-state index in [4.69, 9.17) is 16.3 Å². The van der Waals surface area contributed by atoms with Crippen LogP contribution in [0, 0.1) is 0 Å². The topological polar surface area (TPSA) is 131 Å². The fourth-order valence-electron chi connectivity index (χ4n) is 3.20. The number of aromatic hydroxyl groups is 1. The Kier molecular flexibility index (Phi) is 9.51. The molecule has 1 aliphatic rings. The van der Waals surface area contributed by atoms with E-state index in [1.807, 2.05) is 0 Å². The SMILES string of the molecule is CCN1CCCC(N/C(N)=C/C(C)=C(\N)c2ccc(C(F)(F)F)cc2O)C1.NC=O. The van der Waals surface area contributed by atoms with Gasteiger partial charge in [0.15, 0.2) is 0 Å². The highest BCUT2D eigenvalue weighted by atomic mass is 19.4. The summed E-state index contributed by atoms with van der Waals surface area (Å²) in [4.78, 5) is 10.9. The summed E-state index contributed by atoms with van der Waals surface area (Å²) in [5, 5.41) is 13.2. The molecule has 0 radical (unpaired) electrons. The van der Waals surface area contributed by atoms with Gasteiger partial charge in [0.1, 0.15) is 5.75 Å². The molecule has 0 aliphatic carbocycles. The van der Waals surface area contributed by atoms with Gasteiger partial charge < -0.3 is 32.5 Å². The molecule has 1 amide bonds. The van der Waals surface area contributed by atoms with Crippen molar-refractivity contribution in [3.63, 3.8) is 0 Å². The van der Waals surface area contributed by atoms with Crippen LogP contribution in [0.5, 0.6) is 5.75 Å². The zero-order chi connectivity index (χ0) is 22.9. The molecule has 7 nitrogen and oxygen atoms in total. The number of phenols is 1. The number of nitrogens with two attached hydrogens (primary N) is 3. The van der Waals surface area contributed by atoms with Gasteiger partial charge in [-0.05, 0) is 62.7 Å². The number of likely N-dealkylation sites (tertiary alicyclic amines) is 1. The number of hydrogen-bond donors (Lipinski definition) is 5. The number of carbonyl (C=O) groups is 1. The number of hydrogen-bond acceptors (Lipinski definition) is 6. The number of carbonyl (C=O) groups excluding carboxylic acids is 1. The molecule has 30 heavy (non-hydrogen) atoms. The molecular weight excluding hydrogens is 399 g/mol. The lowest BCUT2D eigenvalue weighted by Gasteiger charge is -2.32. The quantitative estimate of drug-likeness (QED) is 0.360. The summed E-state index contributed by atoms with van der Waals surface area (Å²) in [5.74, 6) is -0.0859. The summed E-state index contributed by atoms with van der Waals surface area (Å²) in [6.45, 7) is 6.78. The monoisotopic (exact) mass is 429 g/mol. The van der Waals surface area contributed by atoms with Gasteiger partial charge in [0.2, 0.25) is 6.41 Å². The van der Waals surface area contributed by atoms with Gasteiger partial charge >= 0.3 is 6.18 Å². The van der Waals surface area contributed by atoms with Gasteiger partial charge in [0.25, 0.3) is 0 Å². The molecule has 1 fully saturated rings. The number of likely N-dealkylation sites (N-methyl/N-ethyl adjacent to an activating group) is 1. The number of amides is 1. The zero-order valence-corrected chi connectivity index (χ0v) is 17.2. The number of rotatable bonds is 5. The lowest BCUT2D eigenvalue weighted by atomic mass is 10.0. The average Bonchev–Trinajstić information content (AvgIpc) is 2.67. The summed E-state index contributed by atoms with van der Waals surface area (Å²) in [6.07, 6.45) is -0.528. The number of nitrogens with zero attached hydrogens (tertiary/aromatic N) is 1. The number of primary amides is 1. The largest absolute Gasteiger partial charge is 0.507 e. The van der Waals surface area contributed by atoms with E-state index < -0.39 is 17.5 Å². The number of nitrogens with one attached hydrogen (secondary N) is 1. The predicted molar refractivity (Wildman–Crippen MR) is 111 cm³/mol. The van der Waals surface area contributed by atoms with Gasteiger partial charge in [-0.3, -0.25) is 4.79 Å². The van der Waals surface area contributed by atoms with Crippen LogP contribution in [-0.4, -0.2) is 42.1 Å². The summed E-state index contributed by atoms with van der Waals surface area (Å²) in [5.41, 5.74) is 16.2. The van der Waals surface area contributed by atoms with Crippen LogP contribution in [0.1, 0.15) is 37.8 Å². The maximum Gasteiger partial charge on any atom is 0.416 e. The molecule has 0 saturated carbocycles. The van der Waals surface area contributed by atoms with E-state index in [1.54, 1.807) is 13.0 Å². The number of alkyl halides is 3. The smallest absolute Gasteiger partial charge is 0.416 e. The first-order chi connectivity index (χ1) is 14.0. The van der Waals surface area contributed by atoms with Crippen LogP contribution in [0.25, 0.3) is 5.70 Å². The Hall–Kier alpha value is -2.88. The zero-order valence-electron chi connectivity index (χ0n) is 17.2. The van der Waals surface area contributed by atoms with E-state index in [1.165, 1.54) is 0 Å². The minimum atomic E-state index is -4.52. The Morgan fingerprint density at radius 1 is 1.37 bits per heavy atom. The molecule has 0 aromatic heterocycles. The number of piperidine rings is 1. The molecule has 1 aromatic rings. The summed E-state index contributed by atoms with van der Waals surface area (Å²) in [6, 6.07) is 2.96. The predicted octanol–water partition coefficient (Wildman–Crippen LogP) is 2.08. The minimum Gasteiger partial charge on any atom is -0.507 e. The number of halogens is 3. The second-order valence-corrected chi connectivity index (χ2v) is 6.94. The molecule has 0 spiro atoms. The molecule has 168 valence electrons. The van der Waals surface area contributed by atoms with Crippen molar-refractivity contribution in [3.05, 3.63) is 46.8 Å². The third-order valence-corrected chi connectivity index (χ3v) is 4.74. The summed E-state index contributed by atoms with van der Waals surface area (Å²) in [7, 11) is 0. The van der Waals surface area contributed by atoms with Crippen molar-refractivity contribution in [1.29, 1.82) is 0 Å². The van der Waals surface area contributed by atoms with E-state index in [9.17, 15) is 18.3 Å². The number of allylic oxidation sites excluding steroid dienone is 2. The average molecular weight is 429 g/mol. The van der Waals surface area contributed by atoms with Crippen molar-refractivity contribution >= 4 is 12.1 Å². The van der Waals surface area contributed by atoms with Crippen molar-refractivity contribution in [2.24, 2.45) is 17.2 Å². The Balaban J connectivity index is 0.00000141. The van der Waals surface area contributed by atoms with Gasteiger partial charge in [-0.2, -0.15) is 13.2 Å². The van der Waals surface area contributed by atoms with Crippen LogP contribution in [0.3, 0.4) is 0 Å². The number of phenolic OH excluding ortho intramolecular Hbond substituents is 1. The highest BCUT2D eigenvalue weighted by molar-refractivity contribution is 5.72. The van der Waals surface area contributed by atoms with Crippen molar-refractivity contribution in [2.75, 3.05) is 19.6 Å². The van der Waals surface area contributed by atoms with Crippen molar-refractivity contribution < 1.29 is 23.1 Å². The molecule has 1 saturated heterocycles. The third-order valence-electron chi connectivity index (χ3n) is 4.74. The van der Waals surface area contributed by atoms with Gasteiger partial charge in [-0.1, -0.05) is 6.92 Å². The van der Waals surface area contributed by atoms with E-state index >= 15 is 0 Å². The standard InChI is InChI=1S/C19H27F3N4O.CH3NO/c1-3-26-8-4-5-14(11-26)25-17(23)9-12(2)18(24)15-7-6-13(10-16(15)27)19(20,21)22;2-1-3/h6-7,9-10,14,25,27H,3-5,8,11,23-24H2,1-2H3;1H,(H2,2,3)/b17-9+,18-12-;. The van der Waals surface area contributed by atoms with Crippen LogP contribution < -0.4 is 22.5 Å². The molecule has 1 unspecified atom stereocenters. The maximum atomic E-state index is 12.7. The van der Waals surface area contributed by atoms with Crippen LogP contribution in [0.4, 0.5) is 13.2 Å². The molecule has 10 heteroatoms. The Bertz CT molecular complexity index is 778. The van der Waals surface area contributed by atoms with E-state index in [-0.39, 0.29) is 23.7 Å². The van der Waals surface area contributed by atoms with E-state index in [0.717, 1.165) is 44.6 Å². The molecule has 0 bridgehead atoms. The van der Waals surface area contributed by atoms with Gasteiger partial charge in [0.05, 0.1) is 11.4 Å².